The first-order valence-electron chi connectivity index (χ1n) is 3.14. The predicted octanol–water partition coefficient (Wildman–Crippen LogP) is -4.09. The minimum absolute atomic E-state index is 0. The van der Waals surface area contributed by atoms with Crippen LogP contribution in [0.4, 0.5) is 21.3 Å². The van der Waals surface area contributed by atoms with Gasteiger partial charge in [0.15, 0.2) is 0 Å². The van der Waals surface area contributed by atoms with Gasteiger partial charge in [-0.25, -0.2) is 0 Å². The van der Waals surface area contributed by atoms with E-state index in [2.05, 4.69) is 0 Å². The van der Waals surface area contributed by atoms with E-state index in [9.17, 15) is 26.2 Å². The summed E-state index contributed by atoms with van der Waals surface area (Å²) in [4.78, 5) is 14.9. The van der Waals surface area contributed by atoms with Crippen LogP contribution in [0, 0.1) is 56.1 Å². The van der Waals surface area contributed by atoms with Gasteiger partial charge in [-0.3, -0.25) is 0 Å². The number of hydrogen-bond acceptors (Lipinski definition) is 7. The zero-order chi connectivity index (χ0) is 17.1. The van der Waals surface area contributed by atoms with Crippen LogP contribution in [0.25, 0.3) is 0 Å². The molecule has 26 heteroatoms. The van der Waals surface area contributed by atoms with Crippen molar-refractivity contribution in [1.29, 1.82) is 26.3 Å². The summed E-state index contributed by atoms with van der Waals surface area (Å²) in [5, 5.41) is 42.5. The summed E-state index contributed by atoms with van der Waals surface area (Å²) in [5.74, 6) is 0. The number of rotatable bonds is 1. The molecule has 0 amide bonds. The van der Waals surface area contributed by atoms with E-state index in [0.29, 0.717) is 0 Å². The molecule has 0 spiro atoms. The monoisotopic (exact) mass is 828 g/mol. The van der Waals surface area contributed by atoms with Gasteiger partial charge in [-0.1, -0.05) is 0 Å². The predicted molar refractivity (Wildman–Crippen MR) is 97.0 cm³/mol. The third-order valence-corrected chi connectivity index (χ3v) is 4.65. The molecule has 0 aliphatic heterocycles. The van der Waals surface area contributed by atoms with Crippen LogP contribution < -0.4 is 0 Å². The molecule has 0 atom stereocenters. The van der Waals surface area contributed by atoms with Crippen LogP contribution in [0.2, 0.25) is 0 Å². The fourth-order valence-electron chi connectivity index (χ4n) is 0.249. The van der Waals surface area contributed by atoms with Crippen molar-refractivity contribution in [2.75, 3.05) is 0 Å². The van der Waals surface area contributed by atoms with E-state index in [-0.39, 0.29) is 260 Å². The van der Waals surface area contributed by atoms with Gasteiger partial charge >= 0.3 is 315 Å². The first-order valence-corrected chi connectivity index (χ1v) is 8.90. The Bertz CT molecular complexity index is 615. The molecule has 0 aliphatic rings. The van der Waals surface area contributed by atoms with Crippen molar-refractivity contribution in [3.05, 3.63) is 4.91 Å². The van der Waals surface area contributed by atoms with Gasteiger partial charge in [0.1, 0.15) is 0 Å². The van der Waals surface area contributed by atoms with Crippen molar-refractivity contribution < 1.29 is 96.3 Å². The molecule has 31 heavy (non-hydrogen) atoms. The van der Waals surface area contributed by atoms with E-state index in [4.69, 9.17) is 26.3 Å². The molecule has 0 saturated carbocycles. The number of halogens is 6. The molecule has 0 unspecified atom stereocenters. The minimum atomic E-state index is -10.8. The van der Waals surface area contributed by atoms with Gasteiger partial charge in [0.25, 0.3) is 0 Å². The molecule has 0 aromatic rings. The third-order valence-electron chi connectivity index (χ3n) is 1.13. The van der Waals surface area contributed by atoms with Crippen molar-refractivity contribution >= 4 is 209 Å². The second-order valence-corrected chi connectivity index (χ2v) is 10.3. The van der Waals surface area contributed by atoms with Crippen molar-refractivity contribution in [1.82, 2.24) is 0 Å². The zero-order valence-corrected chi connectivity index (χ0v) is 15.2. The molecule has 0 saturated heterocycles. The van der Waals surface area contributed by atoms with Crippen LogP contribution in [-0.2, 0) is 58.5 Å². The Morgan fingerprint density at radius 3 is 0.645 bits per heavy atom. The van der Waals surface area contributed by atoms with Gasteiger partial charge in [-0.15, -0.1) is 0 Å². The molecule has 0 aromatic heterocycles. The Hall–Kier alpha value is 5.55. The normalized spacial score (nSPS) is 11.0. The van der Waals surface area contributed by atoms with Gasteiger partial charge in [0.2, 0.25) is 0 Å². The van der Waals surface area contributed by atoms with Crippen LogP contribution in [0.15, 0.2) is 4.19 Å². The summed E-state index contributed by atoms with van der Waals surface area (Å²) >= 11 is -10.8. The Morgan fingerprint density at radius 2 is 0.645 bits per heavy atom. The van der Waals surface area contributed by atoms with Crippen LogP contribution in [0.3, 0.4) is 0 Å². The van der Waals surface area contributed by atoms with Crippen LogP contribution in [0.1, 0.15) is 0 Å². The molecule has 0 rings (SSSR count). The first-order chi connectivity index (χ1) is 8.42. The maximum absolute atomic E-state index is 10.8. The molecule has 0 heterocycles. The third kappa shape index (κ3) is 31.7. The Kier molecular flexibility index (Phi) is 66.0. The van der Waals surface area contributed by atoms with Gasteiger partial charge < -0.3 is 16.4 Å². The molecule has 0 aliphatic carbocycles. The van der Waals surface area contributed by atoms with E-state index in [0.717, 1.165) is 24.8 Å². The van der Waals surface area contributed by atoms with Crippen LogP contribution in [-0.4, -0.2) is 226 Å². The molecule has 170 valence electrons. The van der Waals surface area contributed by atoms with Gasteiger partial charge in [-0.2, -0.15) is 0 Å². The van der Waals surface area contributed by atoms with Crippen molar-refractivity contribution in [2.45, 2.75) is 0 Å². The standard InChI is InChI=1S/5CN.6FH.4Fe.NO.4Na.3H2O.2Sr.8H/c5*1-2;;;;;;;;;;;1-2;;;;;;;;;;;;;;;;;/h;;;;;6*1H;;;;;;;;;;3*1H2;;;;;;;;;;/q;;;;;;;;;;;;;+1;+6;-1;;;;;;;;;;;;;;;;;/p-6. The summed E-state index contributed by atoms with van der Waals surface area (Å²) < 4.78 is 61.2. The van der Waals surface area contributed by atoms with E-state index in [1.165, 1.54) is 0 Å². The van der Waals surface area contributed by atoms with Crippen molar-refractivity contribution in [3.63, 3.8) is 0 Å². The average molecular weight is 827 g/mol. The summed E-state index contributed by atoms with van der Waals surface area (Å²) in [6.45, 7) is 0. The number of nitrogens with zero attached hydrogens (tertiary/aromatic N) is 6. The van der Waals surface area contributed by atoms with E-state index in [1.54, 1.807) is 0 Å². The summed E-state index contributed by atoms with van der Waals surface area (Å²) in [7, 11) is -6.40. The number of nitroso groups, excluding NO2 is 1. The molecule has 10 nitrogen and oxygen atoms in total. The average Bonchev–Trinajstić information content (AvgIpc) is 2.33. The first kappa shape index (κ1) is 83.3. The molecule has 0 fully saturated rings. The summed E-state index contributed by atoms with van der Waals surface area (Å²) in [5.41, 5.74) is 0. The molecular weight excluding hydrogens is 813 g/mol. The molecule has 6 N–H and O–H groups in total. The van der Waals surface area contributed by atoms with E-state index >= 15 is 0 Å². The quantitative estimate of drug-likeness (QED) is 0.145. The second-order valence-electron chi connectivity index (χ2n) is 2.50. The second kappa shape index (κ2) is 24.6. The van der Waals surface area contributed by atoms with Crippen molar-refractivity contribution in [3.8, 4) is 24.8 Å². The van der Waals surface area contributed by atoms with E-state index in [1.807, 2.05) is 4.19 Å². The van der Waals surface area contributed by atoms with Crippen LogP contribution >= 0.6 is 0 Å². The van der Waals surface area contributed by atoms with E-state index < -0.39 is 24.4 Å². The van der Waals surface area contributed by atoms with Gasteiger partial charge in [-0.05, 0) is 0 Å². The topological polar surface area (TPSA) is 243 Å². The maximum atomic E-state index is 10.3. The fraction of sp³-hybridized carbons (Fsp3) is 0. The fourth-order valence-corrected chi connectivity index (χ4v) is 1.03. The van der Waals surface area contributed by atoms with Gasteiger partial charge in [0.05, 0.1) is 0 Å². The Morgan fingerprint density at radius 1 is 0.548 bits per heavy atom. The molecule has 0 aromatic carbocycles. The Balaban J connectivity index is -0.0000000150. The zero-order valence-electron chi connectivity index (χ0n) is 10.8. The molecular formula is C5H14F6Fe4N6Na4O4Sr2. The van der Waals surface area contributed by atoms with Crippen molar-refractivity contribution in [2.24, 2.45) is 4.19 Å². The summed E-state index contributed by atoms with van der Waals surface area (Å²) in [6.07, 6.45) is 0. The number of nitriles is 5. The Labute approximate surface area is 356 Å². The van der Waals surface area contributed by atoms with Crippen LogP contribution in [0.5, 0.6) is 0 Å². The SMILES string of the molecule is N#[C][Fe]([C]#N)([C]#N)([C]#N)([C]#N)[N]=O.O.O.O.[F][Fe]([F])([F])([F])([F])[F].[Fe].[Fe].[NaH].[NaH].[NaH].[NaH].[SrH2].[SrH2]. The number of hydrogen-bond donors (Lipinski definition) is 0. The summed E-state index contributed by atoms with van der Waals surface area (Å²) in [6, 6.07) is 0. The molecule has 0 bridgehead atoms. The van der Waals surface area contributed by atoms with Gasteiger partial charge in [0, 0.05) is 34.1 Å². The molecule has 0 radical (unpaired) electrons.